The summed E-state index contributed by atoms with van der Waals surface area (Å²) in [6.07, 6.45) is 11.4. The molecule has 0 radical (unpaired) electrons. The second kappa shape index (κ2) is 8.96. The van der Waals surface area contributed by atoms with Crippen molar-refractivity contribution in [2.45, 2.75) is 85.1 Å². The molecule has 1 rings (SSSR count). The van der Waals surface area contributed by atoms with E-state index in [2.05, 4.69) is 33.0 Å². The minimum atomic E-state index is 0.809. The van der Waals surface area contributed by atoms with Gasteiger partial charge in [0.25, 0.3) is 0 Å². The Morgan fingerprint density at radius 1 is 1.06 bits per heavy atom. The Labute approximate surface area is 115 Å². The zero-order chi connectivity index (χ0) is 13.4. The molecule has 1 N–H and O–H groups in total. The van der Waals surface area contributed by atoms with E-state index in [0.717, 1.165) is 30.3 Å². The third-order valence-corrected chi connectivity index (χ3v) is 5.05. The third-order valence-electron chi connectivity index (χ3n) is 5.05. The fourth-order valence-corrected chi connectivity index (χ4v) is 3.87. The molecular formula is C17H35N. The van der Waals surface area contributed by atoms with Gasteiger partial charge in [0.15, 0.2) is 0 Å². The van der Waals surface area contributed by atoms with E-state index in [1.165, 1.54) is 51.4 Å². The smallest absolute Gasteiger partial charge is 0.00955 e. The maximum absolute atomic E-state index is 3.75. The summed E-state index contributed by atoms with van der Waals surface area (Å²) in [5.41, 5.74) is 0. The Balaban J connectivity index is 2.53. The number of nitrogens with one attached hydrogen (secondary N) is 1. The van der Waals surface area contributed by atoms with Crippen molar-refractivity contribution in [1.29, 1.82) is 0 Å². The summed E-state index contributed by atoms with van der Waals surface area (Å²) in [7, 11) is 0. The molecule has 0 aromatic carbocycles. The highest BCUT2D eigenvalue weighted by atomic mass is 14.9. The van der Waals surface area contributed by atoms with E-state index >= 15 is 0 Å². The predicted octanol–water partition coefficient (Wildman–Crippen LogP) is 5.01. The number of hydrogen-bond donors (Lipinski definition) is 1. The summed E-state index contributed by atoms with van der Waals surface area (Å²) in [4.78, 5) is 0. The fourth-order valence-electron chi connectivity index (χ4n) is 3.87. The monoisotopic (exact) mass is 253 g/mol. The Kier molecular flexibility index (Phi) is 7.97. The van der Waals surface area contributed by atoms with Crippen molar-refractivity contribution < 1.29 is 0 Å². The fraction of sp³-hybridized carbons (Fsp3) is 1.00. The van der Waals surface area contributed by atoms with Gasteiger partial charge in [0.1, 0.15) is 0 Å². The first-order valence-corrected chi connectivity index (χ1v) is 8.48. The molecule has 0 amide bonds. The largest absolute Gasteiger partial charge is 0.314 e. The number of hydrogen-bond acceptors (Lipinski definition) is 1. The molecule has 1 aliphatic rings. The van der Waals surface area contributed by atoms with Gasteiger partial charge in [0.2, 0.25) is 0 Å². The molecule has 3 atom stereocenters. The standard InChI is InChI=1S/C17H35N/c1-5-9-15-10-11-17(18-8-4)16(13-15)12-14(6-2)7-3/h14-18H,5-13H2,1-4H3. The molecule has 0 aromatic rings. The molecule has 1 aliphatic carbocycles. The van der Waals surface area contributed by atoms with Gasteiger partial charge < -0.3 is 5.32 Å². The highest BCUT2D eigenvalue weighted by molar-refractivity contribution is 4.85. The average Bonchev–Trinajstić information content (AvgIpc) is 2.39. The van der Waals surface area contributed by atoms with E-state index in [-0.39, 0.29) is 0 Å². The summed E-state index contributed by atoms with van der Waals surface area (Å²) in [5, 5.41) is 3.75. The van der Waals surface area contributed by atoms with Crippen LogP contribution in [0.4, 0.5) is 0 Å². The van der Waals surface area contributed by atoms with Crippen molar-refractivity contribution >= 4 is 0 Å². The Hall–Kier alpha value is -0.0400. The summed E-state index contributed by atoms with van der Waals surface area (Å²) in [6.45, 7) is 10.5. The first kappa shape index (κ1) is 16.0. The van der Waals surface area contributed by atoms with E-state index in [9.17, 15) is 0 Å². The number of rotatable bonds is 8. The highest BCUT2D eigenvalue weighted by Gasteiger charge is 2.30. The first-order chi connectivity index (χ1) is 8.74. The van der Waals surface area contributed by atoms with Gasteiger partial charge in [0.05, 0.1) is 0 Å². The van der Waals surface area contributed by atoms with Crippen LogP contribution in [0.1, 0.15) is 79.1 Å². The molecule has 0 aliphatic heterocycles. The lowest BCUT2D eigenvalue weighted by Gasteiger charge is -2.38. The maximum Gasteiger partial charge on any atom is 0.00955 e. The van der Waals surface area contributed by atoms with Crippen molar-refractivity contribution in [3.8, 4) is 0 Å². The third kappa shape index (κ3) is 4.91. The molecule has 0 spiro atoms. The van der Waals surface area contributed by atoms with Gasteiger partial charge in [-0.05, 0) is 50.0 Å². The van der Waals surface area contributed by atoms with Gasteiger partial charge in [0, 0.05) is 6.04 Å². The van der Waals surface area contributed by atoms with Crippen molar-refractivity contribution in [3.63, 3.8) is 0 Å². The van der Waals surface area contributed by atoms with Crippen molar-refractivity contribution in [1.82, 2.24) is 5.32 Å². The average molecular weight is 253 g/mol. The zero-order valence-corrected chi connectivity index (χ0v) is 13.2. The predicted molar refractivity (Wildman–Crippen MR) is 81.9 cm³/mol. The van der Waals surface area contributed by atoms with Gasteiger partial charge in [-0.2, -0.15) is 0 Å². The lowest BCUT2D eigenvalue weighted by Crippen LogP contribution is -2.41. The zero-order valence-electron chi connectivity index (χ0n) is 13.2. The molecule has 0 bridgehead atoms. The Bertz CT molecular complexity index is 198. The lowest BCUT2D eigenvalue weighted by atomic mass is 9.72. The van der Waals surface area contributed by atoms with Crippen molar-refractivity contribution in [2.75, 3.05) is 6.54 Å². The Morgan fingerprint density at radius 3 is 2.33 bits per heavy atom. The van der Waals surface area contributed by atoms with Crippen LogP contribution in [0.2, 0.25) is 0 Å². The van der Waals surface area contributed by atoms with Crippen LogP contribution in [0, 0.1) is 17.8 Å². The van der Waals surface area contributed by atoms with Crippen LogP contribution in [0.5, 0.6) is 0 Å². The van der Waals surface area contributed by atoms with Crippen molar-refractivity contribution in [2.24, 2.45) is 17.8 Å². The van der Waals surface area contributed by atoms with E-state index < -0.39 is 0 Å². The van der Waals surface area contributed by atoms with Crippen LogP contribution < -0.4 is 5.32 Å². The highest BCUT2D eigenvalue weighted by Crippen LogP contribution is 2.36. The molecule has 3 unspecified atom stereocenters. The van der Waals surface area contributed by atoms with E-state index in [0.29, 0.717) is 0 Å². The molecule has 1 heteroatoms. The van der Waals surface area contributed by atoms with Crippen LogP contribution in [-0.2, 0) is 0 Å². The molecule has 0 aromatic heterocycles. The van der Waals surface area contributed by atoms with E-state index in [1.54, 1.807) is 0 Å². The Morgan fingerprint density at radius 2 is 1.78 bits per heavy atom. The molecule has 0 heterocycles. The lowest BCUT2D eigenvalue weighted by molar-refractivity contribution is 0.165. The molecular weight excluding hydrogens is 218 g/mol. The minimum Gasteiger partial charge on any atom is -0.314 e. The molecule has 1 fully saturated rings. The topological polar surface area (TPSA) is 12.0 Å². The molecule has 1 saturated carbocycles. The molecule has 18 heavy (non-hydrogen) atoms. The van der Waals surface area contributed by atoms with E-state index in [1.807, 2.05) is 0 Å². The van der Waals surface area contributed by atoms with Gasteiger partial charge in [-0.25, -0.2) is 0 Å². The summed E-state index contributed by atoms with van der Waals surface area (Å²) in [6, 6.07) is 0.809. The molecule has 0 saturated heterocycles. The van der Waals surface area contributed by atoms with Crippen LogP contribution in [0.3, 0.4) is 0 Å². The molecule has 1 nitrogen and oxygen atoms in total. The van der Waals surface area contributed by atoms with Crippen LogP contribution in [0.15, 0.2) is 0 Å². The van der Waals surface area contributed by atoms with Gasteiger partial charge in [-0.3, -0.25) is 0 Å². The summed E-state index contributed by atoms with van der Waals surface area (Å²) in [5.74, 6) is 2.92. The van der Waals surface area contributed by atoms with E-state index in [4.69, 9.17) is 0 Å². The van der Waals surface area contributed by atoms with Crippen LogP contribution in [0.25, 0.3) is 0 Å². The first-order valence-electron chi connectivity index (χ1n) is 8.48. The minimum absolute atomic E-state index is 0.809. The SMILES string of the molecule is CCCC1CCC(NCC)C(CC(CC)CC)C1. The van der Waals surface area contributed by atoms with Crippen molar-refractivity contribution in [3.05, 3.63) is 0 Å². The second-order valence-corrected chi connectivity index (χ2v) is 6.31. The van der Waals surface area contributed by atoms with Gasteiger partial charge in [-0.1, -0.05) is 53.4 Å². The quantitative estimate of drug-likeness (QED) is 0.641. The maximum atomic E-state index is 3.75. The van der Waals surface area contributed by atoms with Crippen LogP contribution in [-0.4, -0.2) is 12.6 Å². The second-order valence-electron chi connectivity index (χ2n) is 6.31. The van der Waals surface area contributed by atoms with Crippen LogP contribution >= 0.6 is 0 Å². The van der Waals surface area contributed by atoms with Gasteiger partial charge >= 0.3 is 0 Å². The van der Waals surface area contributed by atoms with Gasteiger partial charge in [-0.15, -0.1) is 0 Å². The summed E-state index contributed by atoms with van der Waals surface area (Å²) >= 11 is 0. The summed E-state index contributed by atoms with van der Waals surface area (Å²) < 4.78 is 0. The molecule has 108 valence electrons. The normalized spacial score (nSPS) is 28.8.